The van der Waals surface area contributed by atoms with Gasteiger partial charge >= 0.3 is 0 Å². The number of anilines is 2. The minimum Gasteiger partial charge on any atom is -0.497 e. The number of ether oxygens (including phenoxy) is 1. The van der Waals surface area contributed by atoms with Gasteiger partial charge in [-0.3, -0.25) is 0 Å². The molecule has 8 heteroatoms. The topological polar surface area (TPSA) is 74.3 Å². The average Bonchev–Trinajstić information content (AvgIpc) is 2.83. The van der Waals surface area contributed by atoms with Gasteiger partial charge < -0.3 is 25.6 Å². The Morgan fingerprint density at radius 3 is 2.55 bits per heavy atom. The summed E-state index contributed by atoms with van der Waals surface area (Å²) in [5, 5.41) is 12.1. The lowest BCUT2D eigenvalue weighted by atomic mass is 9.91. The standard InChI is InChI=1S/C25H32N6OS/c1-31(2)23-21-9-4-5-10-22(21)29-24(30-23)27-18-11-13-19(14-12-18)28-25(33)26-16-17-7-6-8-20(15-17)32-3/h4-10,15,18-19H,11-14,16H2,1-3H3,(H2,26,28,33)(H,27,29,30)/t18-,19+. The maximum absolute atomic E-state index is 5.52. The Balaban J connectivity index is 1.27. The van der Waals surface area contributed by atoms with Crippen molar-refractivity contribution >= 4 is 40.0 Å². The Hall–Kier alpha value is -3.13. The lowest BCUT2D eigenvalue weighted by Crippen LogP contribution is -2.44. The Morgan fingerprint density at radius 1 is 1.03 bits per heavy atom. The van der Waals surface area contributed by atoms with Gasteiger partial charge in [-0.1, -0.05) is 24.3 Å². The van der Waals surface area contributed by atoms with E-state index in [1.807, 2.05) is 55.4 Å². The number of hydrogen-bond acceptors (Lipinski definition) is 6. The monoisotopic (exact) mass is 464 g/mol. The molecule has 33 heavy (non-hydrogen) atoms. The zero-order valence-corrected chi connectivity index (χ0v) is 20.3. The summed E-state index contributed by atoms with van der Waals surface area (Å²) < 4.78 is 5.28. The van der Waals surface area contributed by atoms with E-state index in [4.69, 9.17) is 26.9 Å². The number of nitrogens with zero attached hydrogens (tertiary/aromatic N) is 3. The second-order valence-corrected chi connectivity index (χ2v) is 9.06. The number of thiocarbonyl (C=S) groups is 1. The zero-order valence-electron chi connectivity index (χ0n) is 19.5. The molecule has 1 saturated carbocycles. The molecule has 0 saturated heterocycles. The van der Waals surface area contributed by atoms with Crippen molar-refractivity contribution in [2.24, 2.45) is 0 Å². The van der Waals surface area contributed by atoms with Crippen LogP contribution < -0.4 is 25.6 Å². The highest BCUT2D eigenvalue weighted by molar-refractivity contribution is 7.80. The van der Waals surface area contributed by atoms with Gasteiger partial charge in [-0.2, -0.15) is 4.98 Å². The van der Waals surface area contributed by atoms with Crippen LogP contribution in [0.3, 0.4) is 0 Å². The van der Waals surface area contributed by atoms with Crippen LogP contribution in [0.5, 0.6) is 5.75 Å². The summed E-state index contributed by atoms with van der Waals surface area (Å²) in [5.41, 5.74) is 2.10. The van der Waals surface area contributed by atoms with Crippen LogP contribution in [-0.4, -0.2) is 48.4 Å². The molecule has 0 radical (unpaired) electrons. The fourth-order valence-electron chi connectivity index (χ4n) is 4.23. The Kier molecular flexibility index (Phi) is 7.44. The molecule has 2 aromatic carbocycles. The second-order valence-electron chi connectivity index (χ2n) is 8.65. The van der Waals surface area contributed by atoms with Crippen LogP contribution in [0.1, 0.15) is 31.2 Å². The van der Waals surface area contributed by atoms with Crippen molar-refractivity contribution in [1.29, 1.82) is 0 Å². The first kappa shape index (κ1) is 23.0. The molecule has 0 unspecified atom stereocenters. The summed E-state index contributed by atoms with van der Waals surface area (Å²) in [6, 6.07) is 16.9. The van der Waals surface area contributed by atoms with E-state index in [0.717, 1.165) is 53.7 Å². The first-order valence-corrected chi connectivity index (χ1v) is 11.8. The molecular weight excluding hydrogens is 432 g/mol. The van der Waals surface area contributed by atoms with E-state index in [0.29, 0.717) is 29.7 Å². The molecule has 0 aliphatic heterocycles. The van der Waals surface area contributed by atoms with Gasteiger partial charge in [0, 0.05) is 38.1 Å². The van der Waals surface area contributed by atoms with Gasteiger partial charge in [0.05, 0.1) is 12.6 Å². The van der Waals surface area contributed by atoms with Crippen molar-refractivity contribution in [2.45, 2.75) is 44.3 Å². The van der Waals surface area contributed by atoms with Crippen LogP contribution in [0.4, 0.5) is 11.8 Å². The molecule has 3 N–H and O–H groups in total. The molecule has 4 rings (SSSR count). The Bertz CT molecular complexity index is 1100. The highest BCUT2D eigenvalue weighted by Gasteiger charge is 2.22. The van der Waals surface area contributed by atoms with E-state index in [1.165, 1.54) is 0 Å². The number of methoxy groups -OCH3 is 1. The maximum atomic E-state index is 5.52. The van der Waals surface area contributed by atoms with Gasteiger partial charge in [0.25, 0.3) is 0 Å². The van der Waals surface area contributed by atoms with Crippen LogP contribution in [0.2, 0.25) is 0 Å². The van der Waals surface area contributed by atoms with Gasteiger partial charge in [0.15, 0.2) is 5.11 Å². The van der Waals surface area contributed by atoms with Crippen molar-refractivity contribution in [3.8, 4) is 5.75 Å². The number of benzene rings is 2. The number of nitrogens with one attached hydrogen (secondary N) is 3. The summed E-state index contributed by atoms with van der Waals surface area (Å²) >= 11 is 5.52. The van der Waals surface area contributed by atoms with Crippen LogP contribution in [0.15, 0.2) is 48.5 Å². The van der Waals surface area contributed by atoms with Gasteiger partial charge in [-0.05, 0) is 67.7 Å². The lowest BCUT2D eigenvalue weighted by Gasteiger charge is -2.30. The highest BCUT2D eigenvalue weighted by Crippen LogP contribution is 2.26. The molecule has 1 aromatic heterocycles. The normalized spacial score (nSPS) is 17.9. The number of rotatable bonds is 7. The van der Waals surface area contributed by atoms with Gasteiger partial charge in [-0.15, -0.1) is 0 Å². The average molecular weight is 465 g/mol. The molecule has 0 amide bonds. The fraction of sp³-hybridized carbons (Fsp3) is 0.400. The van der Waals surface area contributed by atoms with E-state index >= 15 is 0 Å². The van der Waals surface area contributed by atoms with Crippen LogP contribution in [-0.2, 0) is 6.54 Å². The molecule has 0 bridgehead atoms. The fourth-order valence-corrected chi connectivity index (χ4v) is 4.47. The molecule has 3 aromatic rings. The molecule has 1 heterocycles. The lowest BCUT2D eigenvalue weighted by molar-refractivity contribution is 0.385. The summed E-state index contributed by atoms with van der Waals surface area (Å²) in [6.07, 6.45) is 4.19. The summed E-state index contributed by atoms with van der Waals surface area (Å²) in [4.78, 5) is 11.6. The third-order valence-corrected chi connectivity index (χ3v) is 6.25. The molecule has 0 atom stereocenters. The minimum atomic E-state index is 0.359. The van der Waals surface area contributed by atoms with Gasteiger partial charge in [0.2, 0.25) is 5.95 Å². The number of fused-ring (bicyclic) bond motifs is 1. The van der Waals surface area contributed by atoms with E-state index in [2.05, 4.69) is 28.1 Å². The van der Waals surface area contributed by atoms with Crippen molar-refractivity contribution in [1.82, 2.24) is 20.6 Å². The molecule has 7 nitrogen and oxygen atoms in total. The molecule has 1 aliphatic carbocycles. The quantitative estimate of drug-likeness (QED) is 0.452. The molecule has 174 valence electrons. The van der Waals surface area contributed by atoms with Crippen LogP contribution in [0.25, 0.3) is 10.9 Å². The highest BCUT2D eigenvalue weighted by atomic mass is 32.1. The Labute approximate surface area is 200 Å². The van der Waals surface area contributed by atoms with Gasteiger partial charge in [-0.25, -0.2) is 4.98 Å². The minimum absolute atomic E-state index is 0.359. The summed E-state index contributed by atoms with van der Waals surface area (Å²) in [6.45, 7) is 0.674. The third-order valence-electron chi connectivity index (χ3n) is 5.99. The van der Waals surface area contributed by atoms with E-state index < -0.39 is 0 Å². The predicted octanol–water partition coefficient (Wildman–Crippen LogP) is 4.09. The zero-order chi connectivity index (χ0) is 23.2. The van der Waals surface area contributed by atoms with E-state index in [-0.39, 0.29) is 0 Å². The van der Waals surface area contributed by atoms with Crippen LogP contribution in [0, 0.1) is 0 Å². The van der Waals surface area contributed by atoms with E-state index in [1.54, 1.807) is 7.11 Å². The SMILES string of the molecule is COc1cccc(CNC(=S)N[C@H]2CC[C@@H](Nc3nc(N(C)C)c4ccccc4n3)CC2)c1. The number of hydrogen-bond donors (Lipinski definition) is 3. The number of aromatic nitrogens is 2. The van der Waals surface area contributed by atoms with E-state index in [9.17, 15) is 0 Å². The molecular formula is C25H32N6OS. The predicted molar refractivity (Wildman–Crippen MR) is 139 cm³/mol. The maximum Gasteiger partial charge on any atom is 0.225 e. The van der Waals surface area contributed by atoms with Crippen molar-refractivity contribution in [3.63, 3.8) is 0 Å². The molecule has 0 spiro atoms. The smallest absolute Gasteiger partial charge is 0.225 e. The van der Waals surface area contributed by atoms with Crippen molar-refractivity contribution < 1.29 is 4.74 Å². The van der Waals surface area contributed by atoms with Crippen molar-refractivity contribution in [2.75, 3.05) is 31.4 Å². The Morgan fingerprint density at radius 2 is 1.79 bits per heavy atom. The van der Waals surface area contributed by atoms with Crippen LogP contribution >= 0.6 is 12.2 Å². The van der Waals surface area contributed by atoms with Gasteiger partial charge in [0.1, 0.15) is 11.6 Å². The molecule has 1 fully saturated rings. The summed E-state index contributed by atoms with van der Waals surface area (Å²) in [7, 11) is 5.71. The third kappa shape index (κ3) is 6.01. The largest absolute Gasteiger partial charge is 0.497 e. The van der Waals surface area contributed by atoms with Crippen molar-refractivity contribution in [3.05, 3.63) is 54.1 Å². The summed E-state index contributed by atoms with van der Waals surface area (Å²) in [5.74, 6) is 2.49. The number of para-hydroxylation sites is 1. The first-order chi connectivity index (χ1) is 16.0. The first-order valence-electron chi connectivity index (χ1n) is 11.4. The molecule has 1 aliphatic rings. The second kappa shape index (κ2) is 10.7.